The molecule has 7 nitrogen and oxygen atoms in total. The summed E-state index contributed by atoms with van der Waals surface area (Å²) >= 11 is 0. The Morgan fingerprint density at radius 3 is 2.62 bits per heavy atom. The number of nitrogens with one attached hydrogen (secondary N) is 2. The van der Waals surface area contributed by atoms with E-state index >= 15 is 0 Å². The predicted octanol–water partition coefficient (Wildman–Crippen LogP) is 0.0697. The lowest BCUT2D eigenvalue weighted by Gasteiger charge is -2.16. The van der Waals surface area contributed by atoms with Crippen LogP contribution in [-0.2, 0) is 19.6 Å². The van der Waals surface area contributed by atoms with Crippen molar-refractivity contribution in [3.05, 3.63) is 24.0 Å². The fourth-order valence-corrected chi connectivity index (χ4v) is 2.88. The highest BCUT2D eigenvalue weighted by Gasteiger charge is 2.23. The lowest BCUT2D eigenvalue weighted by atomic mass is 10.3. The van der Waals surface area contributed by atoms with Crippen LogP contribution < -0.4 is 10.0 Å². The number of benzene rings is 1. The van der Waals surface area contributed by atoms with Crippen molar-refractivity contribution in [3.63, 3.8) is 0 Å². The number of hydrogen-bond donors (Lipinski definition) is 3. The standard InChI is InChI=1S/C12H17FN2O5S/c1-8(17)14-9-3-4-12(11(13)5-9)21(18,19)15-10(6-16)7-20-2/h3-5,10,15-16H,6-7H2,1-2H3,(H,14,17). The molecule has 1 amide bonds. The fourth-order valence-electron chi connectivity index (χ4n) is 1.61. The SMILES string of the molecule is COCC(CO)NS(=O)(=O)c1ccc(NC(C)=O)cc1F. The number of methoxy groups -OCH3 is 1. The molecule has 1 aromatic rings. The van der Waals surface area contributed by atoms with Gasteiger partial charge in [0.1, 0.15) is 10.7 Å². The number of aliphatic hydroxyl groups is 1. The summed E-state index contributed by atoms with van der Waals surface area (Å²) in [4.78, 5) is 10.3. The third kappa shape index (κ3) is 5.05. The topological polar surface area (TPSA) is 105 Å². The zero-order valence-electron chi connectivity index (χ0n) is 11.6. The van der Waals surface area contributed by atoms with Crippen molar-refractivity contribution in [2.45, 2.75) is 17.9 Å². The van der Waals surface area contributed by atoms with Crippen molar-refractivity contribution >= 4 is 21.6 Å². The summed E-state index contributed by atoms with van der Waals surface area (Å²) in [5.74, 6) is -1.41. The minimum absolute atomic E-state index is 0.0542. The van der Waals surface area contributed by atoms with E-state index in [2.05, 4.69) is 10.0 Å². The highest BCUT2D eigenvalue weighted by Crippen LogP contribution is 2.19. The van der Waals surface area contributed by atoms with E-state index in [4.69, 9.17) is 9.84 Å². The molecule has 0 aliphatic heterocycles. The number of anilines is 1. The molecule has 21 heavy (non-hydrogen) atoms. The maximum Gasteiger partial charge on any atom is 0.243 e. The van der Waals surface area contributed by atoms with E-state index in [1.807, 2.05) is 0 Å². The molecular weight excluding hydrogens is 303 g/mol. The summed E-state index contributed by atoms with van der Waals surface area (Å²) in [6.45, 7) is 0.709. The van der Waals surface area contributed by atoms with Crippen molar-refractivity contribution < 1.29 is 27.4 Å². The van der Waals surface area contributed by atoms with Crippen molar-refractivity contribution in [3.8, 4) is 0 Å². The highest BCUT2D eigenvalue weighted by molar-refractivity contribution is 7.89. The first-order chi connectivity index (χ1) is 9.80. The molecule has 0 radical (unpaired) electrons. The molecule has 3 N–H and O–H groups in total. The normalized spacial score (nSPS) is 13.0. The minimum atomic E-state index is -4.15. The molecule has 1 unspecified atom stereocenters. The van der Waals surface area contributed by atoms with Crippen molar-refractivity contribution in [2.75, 3.05) is 25.6 Å². The largest absolute Gasteiger partial charge is 0.395 e. The van der Waals surface area contributed by atoms with Crippen LogP contribution in [0.1, 0.15) is 6.92 Å². The van der Waals surface area contributed by atoms with E-state index in [-0.39, 0.29) is 12.3 Å². The lowest BCUT2D eigenvalue weighted by molar-refractivity contribution is -0.114. The van der Waals surface area contributed by atoms with Crippen LogP contribution in [0.25, 0.3) is 0 Å². The third-order valence-corrected chi connectivity index (χ3v) is 4.01. The van der Waals surface area contributed by atoms with Crippen LogP contribution in [0.15, 0.2) is 23.1 Å². The second-order valence-electron chi connectivity index (χ2n) is 4.28. The van der Waals surface area contributed by atoms with Crippen LogP contribution in [0, 0.1) is 5.82 Å². The molecule has 1 aromatic carbocycles. The van der Waals surface area contributed by atoms with E-state index in [1.165, 1.54) is 20.1 Å². The summed E-state index contributed by atoms with van der Waals surface area (Å²) in [6, 6.07) is 2.32. The number of ether oxygens (including phenoxy) is 1. The highest BCUT2D eigenvalue weighted by atomic mass is 32.2. The van der Waals surface area contributed by atoms with Crippen LogP contribution in [-0.4, -0.2) is 45.8 Å². The molecule has 0 bridgehead atoms. The zero-order chi connectivity index (χ0) is 16.0. The van der Waals surface area contributed by atoms with Gasteiger partial charge in [-0.25, -0.2) is 17.5 Å². The number of carbonyl (C=O) groups excluding carboxylic acids is 1. The summed E-state index contributed by atoms with van der Waals surface area (Å²) < 4.78 is 44.8. The molecule has 118 valence electrons. The second-order valence-corrected chi connectivity index (χ2v) is 5.96. The van der Waals surface area contributed by atoms with Gasteiger partial charge in [-0.15, -0.1) is 0 Å². The Bertz CT molecular complexity index is 606. The number of aliphatic hydroxyl groups excluding tert-OH is 1. The summed E-state index contributed by atoms with van der Waals surface area (Å²) in [5, 5.41) is 11.4. The molecule has 0 heterocycles. The molecule has 0 spiro atoms. The van der Waals surface area contributed by atoms with Crippen molar-refractivity contribution in [2.24, 2.45) is 0 Å². The van der Waals surface area contributed by atoms with Crippen molar-refractivity contribution in [1.29, 1.82) is 0 Å². The van der Waals surface area contributed by atoms with E-state index in [0.29, 0.717) is 0 Å². The predicted molar refractivity (Wildman–Crippen MR) is 73.8 cm³/mol. The molecule has 0 saturated carbocycles. The summed E-state index contributed by atoms with van der Waals surface area (Å²) in [5.41, 5.74) is 0.148. The summed E-state index contributed by atoms with van der Waals surface area (Å²) in [6.07, 6.45) is 0. The van der Waals surface area contributed by atoms with Gasteiger partial charge in [0, 0.05) is 19.7 Å². The van der Waals surface area contributed by atoms with Gasteiger partial charge in [-0.3, -0.25) is 4.79 Å². The van der Waals surface area contributed by atoms with E-state index in [1.54, 1.807) is 0 Å². The van der Waals surface area contributed by atoms with Crippen molar-refractivity contribution in [1.82, 2.24) is 4.72 Å². The third-order valence-electron chi connectivity index (χ3n) is 2.45. The average Bonchev–Trinajstić information content (AvgIpc) is 2.36. The molecule has 1 atom stereocenters. The first-order valence-corrected chi connectivity index (χ1v) is 7.47. The van der Waals surface area contributed by atoms with Crippen LogP contribution in [0.5, 0.6) is 0 Å². The second kappa shape index (κ2) is 7.46. The molecule has 0 aliphatic rings. The van der Waals surface area contributed by atoms with Gasteiger partial charge in [-0.05, 0) is 18.2 Å². The Balaban J connectivity index is 3.00. The van der Waals surface area contributed by atoms with E-state index < -0.39 is 39.3 Å². The molecule has 0 aliphatic carbocycles. The smallest absolute Gasteiger partial charge is 0.243 e. The number of rotatable bonds is 7. The maximum atomic E-state index is 13.9. The first-order valence-electron chi connectivity index (χ1n) is 5.99. The number of sulfonamides is 1. The molecule has 0 saturated heterocycles. The van der Waals surface area contributed by atoms with Gasteiger partial charge in [0.15, 0.2) is 0 Å². The lowest BCUT2D eigenvalue weighted by Crippen LogP contribution is -2.40. The molecule has 1 rings (SSSR count). The quantitative estimate of drug-likeness (QED) is 0.659. The number of halogens is 1. The first kappa shape index (κ1) is 17.5. The summed E-state index contributed by atoms with van der Waals surface area (Å²) in [7, 11) is -2.80. The van der Waals surface area contributed by atoms with Gasteiger partial charge in [-0.2, -0.15) is 0 Å². The maximum absolute atomic E-state index is 13.9. The zero-order valence-corrected chi connectivity index (χ0v) is 12.4. The van der Waals surface area contributed by atoms with Crippen LogP contribution in [0.3, 0.4) is 0 Å². The Morgan fingerprint density at radius 2 is 2.14 bits per heavy atom. The Hall–Kier alpha value is -1.55. The Labute approximate surface area is 122 Å². The number of hydrogen-bond acceptors (Lipinski definition) is 5. The van der Waals surface area contributed by atoms with Gasteiger partial charge in [0.25, 0.3) is 0 Å². The van der Waals surface area contributed by atoms with Gasteiger partial charge in [0.2, 0.25) is 15.9 Å². The van der Waals surface area contributed by atoms with Gasteiger partial charge < -0.3 is 15.2 Å². The fraction of sp³-hybridized carbons (Fsp3) is 0.417. The number of amides is 1. The van der Waals surface area contributed by atoms with Crippen LogP contribution >= 0.6 is 0 Å². The van der Waals surface area contributed by atoms with Crippen LogP contribution in [0.4, 0.5) is 10.1 Å². The number of carbonyl (C=O) groups is 1. The van der Waals surface area contributed by atoms with Crippen LogP contribution in [0.2, 0.25) is 0 Å². The molecule has 0 fully saturated rings. The Kier molecular flexibility index (Phi) is 6.21. The van der Waals surface area contributed by atoms with Gasteiger partial charge in [-0.1, -0.05) is 0 Å². The minimum Gasteiger partial charge on any atom is -0.395 e. The molecule has 0 aromatic heterocycles. The monoisotopic (exact) mass is 320 g/mol. The van der Waals surface area contributed by atoms with E-state index in [0.717, 1.165) is 12.1 Å². The van der Waals surface area contributed by atoms with Gasteiger partial charge >= 0.3 is 0 Å². The average molecular weight is 320 g/mol. The van der Waals surface area contributed by atoms with E-state index in [9.17, 15) is 17.6 Å². The molecular formula is C12H17FN2O5S. The Morgan fingerprint density at radius 1 is 1.48 bits per heavy atom. The molecule has 9 heteroatoms. The van der Waals surface area contributed by atoms with Gasteiger partial charge in [0.05, 0.1) is 19.3 Å².